The van der Waals surface area contributed by atoms with Crippen molar-refractivity contribution in [3.8, 4) is 11.5 Å². The summed E-state index contributed by atoms with van der Waals surface area (Å²) < 4.78 is 30.8. The van der Waals surface area contributed by atoms with Gasteiger partial charge < -0.3 is 19.9 Å². The van der Waals surface area contributed by atoms with Crippen LogP contribution in [0, 0.1) is 0 Å². The van der Waals surface area contributed by atoms with Gasteiger partial charge in [-0.15, -0.1) is 0 Å². The highest BCUT2D eigenvalue weighted by molar-refractivity contribution is 9.10. The molecule has 146 valence electrons. The predicted molar refractivity (Wildman–Crippen MR) is 106 cm³/mol. The minimum atomic E-state index is -1.54. The molecule has 0 saturated carbocycles. The normalized spacial score (nSPS) is 11.8. The molecule has 0 aliphatic carbocycles. The van der Waals surface area contributed by atoms with Gasteiger partial charge in [0.05, 0.1) is 5.52 Å². The van der Waals surface area contributed by atoms with Crippen molar-refractivity contribution in [2.75, 3.05) is 13.2 Å². The van der Waals surface area contributed by atoms with Gasteiger partial charge in [-0.05, 0) is 39.7 Å². The molecular weight excluding hydrogens is 431 g/mol. The first-order valence-corrected chi connectivity index (χ1v) is 9.26. The van der Waals surface area contributed by atoms with E-state index in [0.29, 0.717) is 29.0 Å². The average Bonchev–Trinajstić information content (AvgIpc) is 2.70. The Morgan fingerprint density at radius 3 is 2.68 bits per heavy atom. The van der Waals surface area contributed by atoms with Crippen molar-refractivity contribution in [2.45, 2.75) is 12.8 Å². The third kappa shape index (κ3) is 5.32. The van der Waals surface area contributed by atoms with E-state index >= 15 is 0 Å². The fourth-order valence-corrected chi connectivity index (χ4v) is 2.85. The van der Waals surface area contributed by atoms with Crippen molar-refractivity contribution >= 4 is 32.9 Å². The highest BCUT2D eigenvalue weighted by Crippen LogP contribution is 2.37. The molecule has 1 unspecified atom stereocenters. The number of nitrogens with zero attached hydrogens (tertiary/aromatic N) is 1. The zero-order valence-corrected chi connectivity index (χ0v) is 16.4. The lowest BCUT2D eigenvalue weighted by Crippen LogP contribution is -2.24. The van der Waals surface area contributed by atoms with E-state index in [1.807, 2.05) is 36.4 Å². The van der Waals surface area contributed by atoms with Crippen LogP contribution in [0.3, 0.4) is 0 Å². The number of benzene rings is 2. The number of halogens is 2. The fraction of sp³-hybridized carbons (Fsp3) is 0.200. The molecule has 0 spiro atoms. The van der Waals surface area contributed by atoms with Crippen LogP contribution in [0.25, 0.3) is 10.9 Å². The molecule has 3 rings (SSSR count). The summed E-state index contributed by atoms with van der Waals surface area (Å²) in [5, 5.41) is 0.669. The van der Waals surface area contributed by atoms with Crippen LogP contribution in [0.2, 0.25) is 0 Å². The average molecular weight is 449 g/mol. The van der Waals surface area contributed by atoms with E-state index in [-0.39, 0.29) is 6.61 Å². The summed E-state index contributed by atoms with van der Waals surface area (Å²) >= 11 is 3.38. The maximum Gasteiger partial charge on any atom is 0.404 e. The van der Waals surface area contributed by atoms with Crippen LogP contribution in [0.15, 0.2) is 59.2 Å². The molecule has 0 bridgehead atoms. The number of alkyl halides is 1. The molecule has 0 radical (unpaired) electrons. The fourth-order valence-electron chi connectivity index (χ4n) is 2.52. The number of pyridine rings is 1. The van der Waals surface area contributed by atoms with Gasteiger partial charge >= 0.3 is 6.09 Å². The first-order valence-electron chi connectivity index (χ1n) is 8.47. The lowest BCUT2D eigenvalue weighted by Gasteiger charge is -2.16. The van der Waals surface area contributed by atoms with Crippen LogP contribution < -0.4 is 15.2 Å². The second kappa shape index (κ2) is 9.36. The number of carbonyl (C=O) groups excluding carboxylic acids is 1. The highest BCUT2D eigenvalue weighted by Gasteiger charge is 2.16. The van der Waals surface area contributed by atoms with Gasteiger partial charge in [0.1, 0.15) is 19.8 Å². The molecule has 2 N–H and O–H groups in total. The molecule has 3 aromatic rings. The maximum atomic E-state index is 14.0. The lowest BCUT2D eigenvalue weighted by molar-refractivity contribution is 0.0932. The third-order valence-corrected chi connectivity index (χ3v) is 4.23. The number of nitrogens with two attached hydrogens (primary N) is 1. The topological polar surface area (TPSA) is 83.7 Å². The van der Waals surface area contributed by atoms with Crippen LogP contribution in [-0.2, 0) is 11.3 Å². The van der Waals surface area contributed by atoms with Gasteiger partial charge in [0.25, 0.3) is 0 Å². The Morgan fingerprint density at radius 1 is 1.14 bits per heavy atom. The third-order valence-electron chi connectivity index (χ3n) is 3.80. The Kier molecular flexibility index (Phi) is 6.65. The van der Waals surface area contributed by atoms with Crippen LogP contribution in [0.5, 0.6) is 11.5 Å². The Hall–Kier alpha value is -2.87. The summed E-state index contributed by atoms with van der Waals surface area (Å²) in [6.45, 7) is -0.489. The van der Waals surface area contributed by atoms with Crippen molar-refractivity contribution in [3.63, 3.8) is 0 Å². The maximum absolute atomic E-state index is 14.0. The molecular formula is C20H18BrFN2O4. The molecule has 28 heavy (non-hydrogen) atoms. The number of aromatic nitrogens is 1. The Balaban J connectivity index is 1.83. The molecule has 0 aliphatic heterocycles. The molecule has 1 aromatic heterocycles. The van der Waals surface area contributed by atoms with E-state index in [1.165, 1.54) is 0 Å². The van der Waals surface area contributed by atoms with Gasteiger partial charge in [0.2, 0.25) is 0 Å². The first kappa shape index (κ1) is 19.9. The molecule has 8 heteroatoms. The Labute approximate surface area is 169 Å². The minimum absolute atomic E-state index is 0.327. The summed E-state index contributed by atoms with van der Waals surface area (Å²) in [6, 6.07) is 15.0. The molecule has 0 fully saturated rings. The zero-order chi connectivity index (χ0) is 19.9. The predicted octanol–water partition coefficient (Wildman–Crippen LogP) is 4.39. The van der Waals surface area contributed by atoms with E-state index < -0.39 is 18.9 Å². The van der Waals surface area contributed by atoms with Crippen LogP contribution >= 0.6 is 15.9 Å². The first-order chi connectivity index (χ1) is 13.5. The van der Waals surface area contributed by atoms with Gasteiger partial charge in [-0.25, -0.2) is 9.18 Å². The van der Waals surface area contributed by atoms with Gasteiger partial charge in [0, 0.05) is 16.1 Å². The summed E-state index contributed by atoms with van der Waals surface area (Å²) in [7, 11) is 0. The number of carbonyl (C=O) groups is 1. The molecule has 0 saturated heterocycles. The van der Waals surface area contributed by atoms with Crippen molar-refractivity contribution in [1.29, 1.82) is 0 Å². The van der Waals surface area contributed by atoms with Crippen molar-refractivity contribution in [3.05, 3.63) is 64.8 Å². The standard InChI is InChI=1S/C20H18BrFN2O4/c21-14-8-16-17(24-9-14)6-7-18(26-10-13-4-2-1-3-5-13)19(16)27-11-15(22)12-28-20(23)25/h1-9,15H,10-12H2,(H2,23,25). The molecule has 1 heterocycles. The van der Waals surface area contributed by atoms with Crippen LogP contribution in [-0.4, -0.2) is 30.5 Å². The van der Waals surface area contributed by atoms with Gasteiger partial charge in [-0.2, -0.15) is 0 Å². The zero-order valence-electron chi connectivity index (χ0n) is 14.8. The van der Waals surface area contributed by atoms with Crippen molar-refractivity contribution < 1.29 is 23.4 Å². The lowest BCUT2D eigenvalue weighted by atomic mass is 10.2. The largest absolute Gasteiger partial charge is 0.486 e. The molecule has 6 nitrogen and oxygen atoms in total. The number of fused-ring (bicyclic) bond motifs is 1. The van der Waals surface area contributed by atoms with E-state index in [2.05, 4.69) is 25.7 Å². The van der Waals surface area contributed by atoms with Crippen molar-refractivity contribution in [2.24, 2.45) is 5.73 Å². The second-order valence-electron chi connectivity index (χ2n) is 5.93. The number of hydrogen-bond donors (Lipinski definition) is 1. The molecule has 0 aliphatic rings. The van der Waals surface area contributed by atoms with Gasteiger partial charge in [0.15, 0.2) is 17.7 Å². The molecule has 2 aromatic carbocycles. The smallest absolute Gasteiger partial charge is 0.404 e. The van der Waals surface area contributed by atoms with Gasteiger partial charge in [-0.3, -0.25) is 4.98 Å². The second-order valence-corrected chi connectivity index (χ2v) is 6.84. The van der Waals surface area contributed by atoms with Crippen molar-refractivity contribution in [1.82, 2.24) is 4.98 Å². The van der Waals surface area contributed by atoms with E-state index in [0.717, 1.165) is 10.0 Å². The Bertz CT molecular complexity index is 956. The number of ether oxygens (including phenoxy) is 3. The minimum Gasteiger partial charge on any atom is -0.486 e. The van der Waals surface area contributed by atoms with E-state index in [4.69, 9.17) is 15.2 Å². The molecule has 1 atom stereocenters. The van der Waals surface area contributed by atoms with E-state index in [9.17, 15) is 9.18 Å². The summed E-state index contributed by atoms with van der Waals surface area (Å²) in [5.74, 6) is 0.822. The summed E-state index contributed by atoms with van der Waals surface area (Å²) in [5.41, 5.74) is 6.52. The quantitative estimate of drug-likeness (QED) is 0.552. The number of primary amides is 1. The number of hydrogen-bond acceptors (Lipinski definition) is 5. The SMILES string of the molecule is NC(=O)OCC(F)COc1c(OCc2ccccc2)ccc2ncc(Br)cc12. The number of rotatable bonds is 8. The van der Waals surface area contributed by atoms with E-state index in [1.54, 1.807) is 18.3 Å². The molecule has 1 amide bonds. The highest BCUT2D eigenvalue weighted by atomic mass is 79.9. The van der Waals surface area contributed by atoms with Crippen LogP contribution in [0.4, 0.5) is 9.18 Å². The number of amides is 1. The van der Waals surface area contributed by atoms with Gasteiger partial charge in [-0.1, -0.05) is 30.3 Å². The summed E-state index contributed by atoms with van der Waals surface area (Å²) in [4.78, 5) is 14.9. The van der Waals surface area contributed by atoms with Crippen LogP contribution in [0.1, 0.15) is 5.56 Å². The monoisotopic (exact) mass is 448 g/mol. The Morgan fingerprint density at radius 2 is 1.93 bits per heavy atom. The summed E-state index contributed by atoms with van der Waals surface area (Å²) in [6.07, 6.45) is -0.910.